The fourth-order valence-electron chi connectivity index (χ4n) is 1.22. The fourth-order valence-corrected chi connectivity index (χ4v) is 1.22. The summed E-state index contributed by atoms with van der Waals surface area (Å²) in [6.45, 7) is 0. The average molecular weight is 251 g/mol. The van der Waals surface area contributed by atoms with E-state index in [9.17, 15) is 14.4 Å². The number of benzene rings is 1. The molecule has 0 spiro atoms. The van der Waals surface area contributed by atoms with Gasteiger partial charge in [-0.2, -0.15) is 0 Å². The van der Waals surface area contributed by atoms with Crippen LogP contribution >= 0.6 is 0 Å². The molecule has 1 aromatic rings. The standard InChI is InChI=1S/C9H4O5.C3H9N/c10-7(11)4-1-2-5-6(3-4)9(13)14-8(5)12;1-4(2)3/h1-3H,(H,10,11);1-3H3. The predicted molar refractivity (Wildman–Crippen MR) is 62.8 cm³/mol. The normalized spacial score (nSPS) is 12.7. The molecule has 0 aromatic heterocycles. The van der Waals surface area contributed by atoms with Gasteiger partial charge in [-0.25, -0.2) is 14.4 Å². The maximum Gasteiger partial charge on any atom is 0.346 e. The molecule has 6 nitrogen and oxygen atoms in total. The summed E-state index contributed by atoms with van der Waals surface area (Å²) >= 11 is 0. The van der Waals surface area contributed by atoms with E-state index in [1.807, 2.05) is 26.0 Å². The molecule has 0 atom stereocenters. The van der Waals surface area contributed by atoms with E-state index < -0.39 is 17.9 Å². The summed E-state index contributed by atoms with van der Waals surface area (Å²) in [5, 5.41) is 8.63. The lowest BCUT2D eigenvalue weighted by atomic mass is 10.1. The molecule has 1 aromatic carbocycles. The minimum atomic E-state index is -1.15. The van der Waals surface area contributed by atoms with Gasteiger partial charge >= 0.3 is 17.9 Å². The molecule has 18 heavy (non-hydrogen) atoms. The molecule has 0 saturated carbocycles. The SMILES string of the molecule is CN(C)C.O=C(O)c1ccc2c(c1)C(=O)OC2=O. The molecule has 0 radical (unpaired) electrons. The number of hydrogen-bond acceptors (Lipinski definition) is 5. The summed E-state index contributed by atoms with van der Waals surface area (Å²) in [6.07, 6.45) is 0. The molecule has 6 heteroatoms. The Morgan fingerprint density at radius 3 is 2.11 bits per heavy atom. The number of ether oxygens (including phenoxy) is 1. The van der Waals surface area contributed by atoms with E-state index >= 15 is 0 Å². The number of hydrogen-bond donors (Lipinski definition) is 1. The van der Waals surface area contributed by atoms with Gasteiger partial charge in [-0.05, 0) is 39.3 Å². The summed E-state index contributed by atoms with van der Waals surface area (Å²) in [6, 6.07) is 3.65. The molecule has 0 aliphatic carbocycles. The third-order valence-corrected chi connectivity index (χ3v) is 1.89. The highest BCUT2D eigenvalue weighted by Crippen LogP contribution is 2.20. The number of esters is 2. The van der Waals surface area contributed by atoms with E-state index in [0.29, 0.717) is 0 Å². The Morgan fingerprint density at radius 1 is 1.11 bits per heavy atom. The highest BCUT2D eigenvalue weighted by atomic mass is 16.6. The zero-order valence-electron chi connectivity index (χ0n) is 10.3. The third kappa shape index (κ3) is 3.14. The van der Waals surface area contributed by atoms with Crippen LogP contribution in [0, 0.1) is 0 Å². The number of aromatic carboxylic acids is 1. The van der Waals surface area contributed by atoms with Gasteiger partial charge in [-0.15, -0.1) is 0 Å². The van der Waals surface area contributed by atoms with E-state index in [1.165, 1.54) is 12.1 Å². The van der Waals surface area contributed by atoms with Crippen LogP contribution in [-0.4, -0.2) is 49.1 Å². The molecule has 0 amide bonds. The Balaban J connectivity index is 0.000000357. The molecule has 2 rings (SSSR count). The van der Waals surface area contributed by atoms with E-state index in [4.69, 9.17) is 5.11 Å². The second kappa shape index (κ2) is 5.42. The van der Waals surface area contributed by atoms with Crippen LogP contribution in [0.1, 0.15) is 31.1 Å². The molecular formula is C12H13NO5. The summed E-state index contributed by atoms with van der Waals surface area (Å²) in [7, 11) is 6.00. The van der Waals surface area contributed by atoms with E-state index in [0.717, 1.165) is 6.07 Å². The molecule has 0 bridgehead atoms. The van der Waals surface area contributed by atoms with Gasteiger partial charge in [-0.1, -0.05) is 0 Å². The zero-order chi connectivity index (χ0) is 13.9. The topological polar surface area (TPSA) is 83.9 Å². The second-order valence-corrected chi connectivity index (χ2v) is 4.08. The number of fused-ring (bicyclic) bond motifs is 1. The Bertz CT molecular complexity index is 504. The van der Waals surface area contributed by atoms with Crippen molar-refractivity contribution in [1.29, 1.82) is 0 Å². The number of nitrogens with zero attached hydrogens (tertiary/aromatic N) is 1. The summed E-state index contributed by atoms with van der Waals surface area (Å²) < 4.78 is 4.30. The minimum Gasteiger partial charge on any atom is -0.478 e. The first kappa shape index (κ1) is 13.9. The lowest BCUT2D eigenvalue weighted by Crippen LogP contribution is -2.00. The Hall–Kier alpha value is -2.21. The maximum atomic E-state index is 11.0. The third-order valence-electron chi connectivity index (χ3n) is 1.89. The summed E-state index contributed by atoms with van der Waals surface area (Å²) in [5.41, 5.74) is 0.0744. The number of rotatable bonds is 1. The van der Waals surface area contributed by atoms with Crippen LogP contribution in [0.3, 0.4) is 0 Å². The van der Waals surface area contributed by atoms with Gasteiger partial charge in [0.05, 0.1) is 16.7 Å². The van der Waals surface area contributed by atoms with Gasteiger partial charge in [0.1, 0.15) is 0 Å². The van der Waals surface area contributed by atoms with Crippen LogP contribution < -0.4 is 0 Å². The largest absolute Gasteiger partial charge is 0.478 e. The lowest BCUT2D eigenvalue weighted by molar-refractivity contribution is 0.0443. The molecule has 1 aliphatic heterocycles. The number of carbonyl (C=O) groups is 3. The van der Waals surface area contributed by atoms with Crippen LogP contribution in [0.5, 0.6) is 0 Å². The number of carboxylic acids is 1. The van der Waals surface area contributed by atoms with Crippen molar-refractivity contribution in [2.75, 3.05) is 21.1 Å². The molecule has 0 saturated heterocycles. The quantitative estimate of drug-likeness (QED) is 0.589. The van der Waals surface area contributed by atoms with Crippen LogP contribution in [0.15, 0.2) is 18.2 Å². The Labute approximate surface area is 104 Å². The van der Waals surface area contributed by atoms with Gasteiger partial charge in [0.15, 0.2) is 0 Å². The van der Waals surface area contributed by atoms with Crippen molar-refractivity contribution in [3.63, 3.8) is 0 Å². The van der Waals surface area contributed by atoms with Gasteiger partial charge in [0.2, 0.25) is 0 Å². The van der Waals surface area contributed by atoms with Crippen LogP contribution in [0.25, 0.3) is 0 Å². The highest BCUT2D eigenvalue weighted by molar-refractivity contribution is 6.15. The first-order valence-corrected chi connectivity index (χ1v) is 5.07. The Kier molecular flexibility index (Phi) is 4.17. The number of carboxylic acid groups (broad SMARTS) is 1. The number of carbonyl (C=O) groups excluding carboxylic acids is 2. The molecule has 1 N–H and O–H groups in total. The fraction of sp³-hybridized carbons (Fsp3) is 0.250. The summed E-state index contributed by atoms with van der Waals surface area (Å²) in [4.78, 5) is 34.5. The van der Waals surface area contributed by atoms with Gasteiger partial charge in [0.25, 0.3) is 0 Å². The van der Waals surface area contributed by atoms with E-state index in [-0.39, 0.29) is 16.7 Å². The predicted octanol–water partition coefficient (Wildman–Crippen LogP) is 0.873. The first-order chi connectivity index (χ1) is 8.32. The average Bonchev–Trinajstić information content (AvgIpc) is 2.53. The molecule has 1 aliphatic rings. The van der Waals surface area contributed by atoms with Crippen LogP contribution in [0.4, 0.5) is 0 Å². The molecule has 0 fully saturated rings. The van der Waals surface area contributed by atoms with Crippen molar-refractivity contribution in [2.45, 2.75) is 0 Å². The van der Waals surface area contributed by atoms with Crippen molar-refractivity contribution in [3.05, 3.63) is 34.9 Å². The smallest absolute Gasteiger partial charge is 0.346 e. The van der Waals surface area contributed by atoms with E-state index in [2.05, 4.69) is 4.74 Å². The summed E-state index contributed by atoms with van der Waals surface area (Å²) in [5.74, 6) is -2.69. The molecule has 96 valence electrons. The van der Waals surface area contributed by atoms with Gasteiger partial charge in [0, 0.05) is 0 Å². The Morgan fingerprint density at radius 2 is 1.61 bits per heavy atom. The molecular weight excluding hydrogens is 238 g/mol. The van der Waals surface area contributed by atoms with Crippen LogP contribution in [-0.2, 0) is 4.74 Å². The minimum absolute atomic E-state index is 0.00917. The van der Waals surface area contributed by atoms with Gasteiger partial charge in [-0.3, -0.25) is 0 Å². The first-order valence-electron chi connectivity index (χ1n) is 5.07. The van der Waals surface area contributed by atoms with Crippen LogP contribution in [0.2, 0.25) is 0 Å². The van der Waals surface area contributed by atoms with E-state index in [1.54, 1.807) is 0 Å². The van der Waals surface area contributed by atoms with Gasteiger partial charge < -0.3 is 14.7 Å². The van der Waals surface area contributed by atoms with Crippen molar-refractivity contribution in [1.82, 2.24) is 4.90 Å². The van der Waals surface area contributed by atoms with Crippen molar-refractivity contribution >= 4 is 17.9 Å². The second-order valence-electron chi connectivity index (χ2n) is 4.08. The van der Waals surface area contributed by atoms with Crippen molar-refractivity contribution < 1.29 is 24.2 Å². The van der Waals surface area contributed by atoms with Crippen molar-refractivity contribution in [2.24, 2.45) is 0 Å². The van der Waals surface area contributed by atoms with Crippen molar-refractivity contribution in [3.8, 4) is 0 Å². The molecule has 1 heterocycles. The zero-order valence-corrected chi connectivity index (χ0v) is 10.3. The lowest BCUT2D eigenvalue weighted by Gasteiger charge is -1.94. The molecule has 0 unspecified atom stereocenters. The number of cyclic esters (lactones) is 2. The maximum absolute atomic E-state index is 11.0. The highest BCUT2D eigenvalue weighted by Gasteiger charge is 2.30. The monoisotopic (exact) mass is 251 g/mol.